The highest BCUT2D eigenvalue weighted by atomic mass is 32.2. The summed E-state index contributed by atoms with van der Waals surface area (Å²) in [6.45, 7) is 0.190. The highest BCUT2D eigenvalue weighted by molar-refractivity contribution is 7.89. The van der Waals surface area contributed by atoms with Crippen LogP contribution in [0.1, 0.15) is 0 Å². The number of rotatable bonds is 7. The van der Waals surface area contributed by atoms with Crippen LogP contribution in [0.4, 0.5) is 14.6 Å². The van der Waals surface area contributed by atoms with Crippen LogP contribution in [0.3, 0.4) is 0 Å². The monoisotopic (exact) mass is 380 g/mol. The predicted molar refractivity (Wildman–Crippen MR) is 89.2 cm³/mol. The summed E-state index contributed by atoms with van der Waals surface area (Å²) in [5.41, 5.74) is 0. The molecule has 11 heteroatoms. The van der Waals surface area contributed by atoms with Crippen molar-refractivity contribution in [2.75, 3.05) is 18.4 Å². The third-order valence-electron chi connectivity index (χ3n) is 3.26. The lowest BCUT2D eigenvalue weighted by atomic mass is 10.3. The second kappa shape index (κ2) is 7.54. The number of aromatic nitrogens is 4. The van der Waals surface area contributed by atoms with Gasteiger partial charge in [-0.05, 0) is 30.3 Å². The molecule has 0 fully saturated rings. The molecule has 2 heterocycles. The third kappa shape index (κ3) is 4.37. The minimum Gasteiger partial charge on any atom is -0.367 e. The van der Waals surface area contributed by atoms with E-state index in [1.807, 2.05) is 0 Å². The van der Waals surface area contributed by atoms with E-state index in [2.05, 4.69) is 25.3 Å². The summed E-state index contributed by atoms with van der Waals surface area (Å²) in [6, 6.07) is 7.22. The Bertz CT molecular complexity index is 958. The van der Waals surface area contributed by atoms with Crippen LogP contribution < -0.4 is 10.0 Å². The molecule has 2 N–H and O–H groups in total. The average molecular weight is 380 g/mol. The van der Waals surface area contributed by atoms with E-state index < -0.39 is 26.6 Å². The van der Waals surface area contributed by atoms with Crippen molar-refractivity contribution in [3.8, 4) is 5.82 Å². The molecule has 0 aliphatic heterocycles. The minimum absolute atomic E-state index is 0.0109. The fraction of sp³-hybridized carbons (Fsp3) is 0.133. The molecule has 26 heavy (non-hydrogen) atoms. The van der Waals surface area contributed by atoms with Crippen LogP contribution in [-0.4, -0.2) is 41.5 Å². The quantitative estimate of drug-likeness (QED) is 0.600. The smallest absolute Gasteiger partial charge is 0.240 e. The van der Waals surface area contributed by atoms with Crippen molar-refractivity contribution in [1.29, 1.82) is 0 Å². The molecule has 0 saturated heterocycles. The summed E-state index contributed by atoms with van der Waals surface area (Å²) >= 11 is 0. The summed E-state index contributed by atoms with van der Waals surface area (Å²) in [5.74, 6) is -0.946. The van der Waals surface area contributed by atoms with Crippen molar-refractivity contribution in [2.45, 2.75) is 4.90 Å². The molecular weight excluding hydrogens is 366 g/mol. The van der Waals surface area contributed by atoms with Gasteiger partial charge in [-0.25, -0.2) is 26.6 Å². The summed E-state index contributed by atoms with van der Waals surface area (Å²) in [7, 11) is -4.01. The largest absolute Gasteiger partial charge is 0.367 e. The Hall–Kier alpha value is -2.92. The first kappa shape index (κ1) is 17.9. The first-order chi connectivity index (χ1) is 12.4. The maximum Gasteiger partial charge on any atom is 0.240 e. The fourth-order valence-corrected chi connectivity index (χ4v) is 3.16. The average Bonchev–Trinajstić information content (AvgIpc) is 3.13. The Morgan fingerprint density at radius 3 is 2.42 bits per heavy atom. The standard InChI is InChI=1S/C15H14F2N6O2S/c16-11-8-12(17)10-13(9-11)26(24,25)20-6-5-18-14-2-3-15(22-21-14)23-7-1-4-19-23/h1-4,7-10,20H,5-6H2,(H,18,21). The van der Waals surface area contributed by atoms with Crippen LogP contribution in [0.25, 0.3) is 5.82 Å². The van der Waals surface area contributed by atoms with Gasteiger partial charge in [-0.1, -0.05) is 0 Å². The zero-order valence-electron chi connectivity index (χ0n) is 13.3. The van der Waals surface area contributed by atoms with E-state index in [9.17, 15) is 17.2 Å². The molecule has 0 saturated carbocycles. The summed E-state index contributed by atoms with van der Waals surface area (Å²) in [6.07, 6.45) is 3.34. The molecule has 0 amide bonds. The maximum absolute atomic E-state index is 13.1. The van der Waals surface area contributed by atoms with Crippen molar-refractivity contribution in [2.24, 2.45) is 0 Å². The number of nitrogens with zero attached hydrogens (tertiary/aromatic N) is 4. The van der Waals surface area contributed by atoms with Crippen molar-refractivity contribution < 1.29 is 17.2 Å². The van der Waals surface area contributed by atoms with Crippen molar-refractivity contribution in [3.05, 3.63) is 60.4 Å². The molecule has 0 atom stereocenters. The Morgan fingerprint density at radius 1 is 1.04 bits per heavy atom. The molecule has 1 aromatic carbocycles. The molecule has 3 aromatic rings. The van der Waals surface area contributed by atoms with E-state index >= 15 is 0 Å². The van der Waals surface area contributed by atoms with Gasteiger partial charge in [0.1, 0.15) is 17.5 Å². The highest BCUT2D eigenvalue weighted by Crippen LogP contribution is 2.13. The lowest BCUT2D eigenvalue weighted by Crippen LogP contribution is -2.29. The van der Waals surface area contributed by atoms with Gasteiger partial charge in [0.25, 0.3) is 0 Å². The number of hydrogen-bond donors (Lipinski definition) is 2. The zero-order chi connectivity index (χ0) is 18.6. The molecule has 0 aliphatic rings. The van der Waals surface area contributed by atoms with E-state index in [1.165, 1.54) is 0 Å². The first-order valence-electron chi connectivity index (χ1n) is 7.47. The molecule has 0 unspecified atom stereocenters. The third-order valence-corrected chi connectivity index (χ3v) is 4.70. The predicted octanol–water partition coefficient (Wildman–Crippen LogP) is 1.33. The number of nitrogens with one attached hydrogen (secondary N) is 2. The molecule has 0 radical (unpaired) electrons. The van der Waals surface area contributed by atoms with Gasteiger partial charge in [0.05, 0.1) is 4.90 Å². The first-order valence-corrected chi connectivity index (χ1v) is 8.96. The molecule has 2 aromatic heterocycles. The van der Waals surface area contributed by atoms with E-state index in [-0.39, 0.29) is 13.1 Å². The van der Waals surface area contributed by atoms with Gasteiger partial charge in [-0.3, -0.25) is 0 Å². The molecular formula is C15H14F2N6O2S. The molecule has 8 nitrogen and oxygen atoms in total. The summed E-state index contributed by atoms with van der Waals surface area (Å²) in [4.78, 5) is -0.474. The lowest BCUT2D eigenvalue weighted by molar-refractivity contribution is 0.562. The van der Waals surface area contributed by atoms with E-state index in [1.54, 1.807) is 35.3 Å². The van der Waals surface area contributed by atoms with Crippen molar-refractivity contribution >= 4 is 15.8 Å². The van der Waals surface area contributed by atoms with Crippen molar-refractivity contribution in [1.82, 2.24) is 24.7 Å². The number of halogens is 2. The fourth-order valence-electron chi connectivity index (χ4n) is 2.09. The Balaban J connectivity index is 1.53. The van der Waals surface area contributed by atoms with Gasteiger partial charge in [-0.15, -0.1) is 10.2 Å². The Kier molecular flexibility index (Phi) is 5.19. The number of benzene rings is 1. The van der Waals surface area contributed by atoms with Gasteiger partial charge in [0.15, 0.2) is 5.82 Å². The van der Waals surface area contributed by atoms with E-state index in [4.69, 9.17) is 0 Å². The zero-order valence-corrected chi connectivity index (χ0v) is 14.1. The Labute approximate surface area is 147 Å². The van der Waals surface area contributed by atoms with Gasteiger partial charge >= 0.3 is 0 Å². The van der Waals surface area contributed by atoms with Crippen LogP contribution in [0.5, 0.6) is 0 Å². The van der Waals surface area contributed by atoms with Crippen LogP contribution in [-0.2, 0) is 10.0 Å². The van der Waals surface area contributed by atoms with Crippen LogP contribution in [0.2, 0.25) is 0 Å². The summed E-state index contributed by atoms with van der Waals surface area (Å²) in [5, 5.41) is 14.8. The topological polar surface area (TPSA) is 102 Å². The van der Waals surface area contributed by atoms with E-state index in [0.29, 0.717) is 17.7 Å². The summed E-state index contributed by atoms with van der Waals surface area (Å²) < 4.78 is 54.1. The van der Waals surface area contributed by atoms with Crippen molar-refractivity contribution in [3.63, 3.8) is 0 Å². The normalized spacial score (nSPS) is 11.5. The second-order valence-electron chi connectivity index (χ2n) is 5.16. The SMILES string of the molecule is O=S(=O)(NCCNc1ccc(-n2cccn2)nn1)c1cc(F)cc(F)c1. The van der Waals surface area contributed by atoms with Gasteiger partial charge in [-0.2, -0.15) is 5.10 Å². The number of anilines is 1. The Morgan fingerprint density at radius 2 is 1.81 bits per heavy atom. The molecule has 3 rings (SSSR count). The van der Waals surface area contributed by atoms with Gasteiger partial charge < -0.3 is 5.32 Å². The van der Waals surface area contributed by atoms with E-state index in [0.717, 1.165) is 12.1 Å². The molecule has 136 valence electrons. The van der Waals surface area contributed by atoms with Gasteiger partial charge in [0.2, 0.25) is 10.0 Å². The minimum atomic E-state index is -4.01. The lowest BCUT2D eigenvalue weighted by Gasteiger charge is -2.08. The maximum atomic E-state index is 13.1. The molecule has 0 bridgehead atoms. The molecule has 0 aliphatic carbocycles. The van der Waals surface area contributed by atoms with Crippen LogP contribution >= 0.6 is 0 Å². The molecule has 0 spiro atoms. The number of hydrogen-bond acceptors (Lipinski definition) is 6. The second-order valence-corrected chi connectivity index (χ2v) is 6.92. The van der Waals surface area contributed by atoms with Crippen LogP contribution in [0.15, 0.2) is 53.7 Å². The van der Waals surface area contributed by atoms with Crippen LogP contribution in [0, 0.1) is 11.6 Å². The van der Waals surface area contributed by atoms with Gasteiger partial charge in [0, 0.05) is 31.5 Å². The highest BCUT2D eigenvalue weighted by Gasteiger charge is 2.15. The number of sulfonamides is 1.